The normalized spacial score (nSPS) is 12.8. The zero-order chi connectivity index (χ0) is 10.4. The number of ether oxygens (including phenoxy) is 1. The zero-order valence-corrected chi connectivity index (χ0v) is 8.37. The molecule has 0 aliphatic rings. The van der Waals surface area contributed by atoms with Crippen molar-refractivity contribution in [3.8, 4) is 0 Å². The van der Waals surface area contributed by atoms with Crippen molar-refractivity contribution in [2.45, 2.75) is 26.0 Å². The van der Waals surface area contributed by atoms with Crippen LogP contribution in [0.4, 0.5) is 4.39 Å². The van der Waals surface area contributed by atoms with Gasteiger partial charge in [-0.3, -0.25) is 0 Å². The van der Waals surface area contributed by atoms with Crippen molar-refractivity contribution < 1.29 is 9.13 Å². The molecule has 0 aliphatic heterocycles. The Morgan fingerprint density at radius 2 is 2.00 bits per heavy atom. The van der Waals surface area contributed by atoms with Crippen LogP contribution in [0.3, 0.4) is 0 Å². The van der Waals surface area contributed by atoms with Crippen LogP contribution in [0.25, 0.3) is 0 Å². The first-order chi connectivity index (χ1) is 6.72. The second-order valence-electron chi connectivity index (χ2n) is 3.31. The average molecular weight is 197 g/mol. The van der Waals surface area contributed by atoms with Crippen LogP contribution in [0.15, 0.2) is 24.3 Å². The van der Waals surface area contributed by atoms with Gasteiger partial charge in [0.1, 0.15) is 5.82 Å². The summed E-state index contributed by atoms with van der Waals surface area (Å²) in [6, 6.07) is 6.38. The van der Waals surface area contributed by atoms with E-state index in [2.05, 4.69) is 0 Å². The standard InChI is InChI=1S/C11H16FNO/c1-2-11(13)8-14-7-9-3-5-10(12)6-4-9/h3-6,11H,2,7-8,13H2,1H3/t11-/m1/s1. The molecule has 0 radical (unpaired) electrons. The fourth-order valence-corrected chi connectivity index (χ4v) is 1.03. The minimum atomic E-state index is -0.223. The van der Waals surface area contributed by atoms with Gasteiger partial charge in [0, 0.05) is 6.04 Å². The first-order valence-electron chi connectivity index (χ1n) is 4.80. The molecule has 0 fully saturated rings. The molecule has 0 aromatic heterocycles. The van der Waals surface area contributed by atoms with Gasteiger partial charge in [-0.2, -0.15) is 0 Å². The molecular weight excluding hydrogens is 181 g/mol. The number of hydrogen-bond donors (Lipinski definition) is 1. The van der Waals surface area contributed by atoms with Crippen LogP contribution in [-0.4, -0.2) is 12.6 Å². The summed E-state index contributed by atoms with van der Waals surface area (Å²) in [5.74, 6) is -0.223. The molecule has 2 nitrogen and oxygen atoms in total. The van der Waals surface area contributed by atoms with Gasteiger partial charge in [-0.1, -0.05) is 19.1 Å². The van der Waals surface area contributed by atoms with Gasteiger partial charge in [0.05, 0.1) is 13.2 Å². The predicted octanol–water partition coefficient (Wildman–Crippen LogP) is 2.08. The van der Waals surface area contributed by atoms with Gasteiger partial charge < -0.3 is 10.5 Å². The quantitative estimate of drug-likeness (QED) is 0.784. The summed E-state index contributed by atoms with van der Waals surface area (Å²) in [5, 5.41) is 0. The summed E-state index contributed by atoms with van der Waals surface area (Å²) < 4.78 is 17.9. The number of nitrogens with two attached hydrogens (primary N) is 1. The van der Waals surface area contributed by atoms with Crippen molar-refractivity contribution in [2.24, 2.45) is 5.73 Å². The van der Waals surface area contributed by atoms with Crippen molar-refractivity contribution >= 4 is 0 Å². The fraction of sp³-hybridized carbons (Fsp3) is 0.455. The smallest absolute Gasteiger partial charge is 0.123 e. The van der Waals surface area contributed by atoms with Gasteiger partial charge in [-0.25, -0.2) is 4.39 Å². The third kappa shape index (κ3) is 3.85. The SMILES string of the molecule is CC[C@@H](N)COCc1ccc(F)cc1. The highest BCUT2D eigenvalue weighted by Gasteiger charge is 1.99. The maximum atomic E-state index is 12.5. The lowest BCUT2D eigenvalue weighted by Crippen LogP contribution is -2.24. The van der Waals surface area contributed by atoms with Crippen LogP contribution in [0.5, 0.6) is 0 Å². The summed E-state index contributed by atoms with van der Waals surface area (Å²) in [4.78, 5) is 0. The Morgan fingerprint density at radius 1 is 1.36 bits per heavy atom. The largest absolute Gasteiger partial charge is 0.375 e. The molecule has 78 valence electrons. The Labute approximate surface area is 83.9 Å². The predicted molar refractivity (Wildman–Crippen MR) is 54.3 cm³/mol. The third-order valence-electron chi connectivity index (χ3n) is 2.04. The molecule has 1 aromatic carbocycles. The Morgan fingerprint density at radius 3 is 2.57 bits per heavy atom. The Bertz CT molecular complexity index is 260. The number of benzene rings is 1. The van der Waals surface area contributed by atoms with Crippen molar-refractivity contribution in [1.82, 2.24) is 0 Å². The first kappa shape index (κ1) is 11.1. The topological polar surface area (TPSA) is 35.2 Å². The molecule has 0 bridgehead atoms. The van der Waals surface area contributed by atoms with E-state index in [-0.39, 0.29) is 11.9 Å². The van der Waals surface area contributed by atoms with E-state index in [9.17, 15) is 4.39 Å². The van der Waals surface area contributed by atoms with E-state index in [1.54, 1.807) is 12.1 Å². The van der Waals surface area contributed by atoms with Crippen molar-refractivity contribution in [1.29, 1.82) is 0 Å². The van der Waals surface area contributed by atoms with E-state index >= 15 is 0 Å². The Hall–Kier alpha value is -0.930. The molecule has 0 saturated heterocycles. The zero-order valence-electron chi connectivity index (χ0n) is 8.37. The molecule has 0 saturated carbocycles. The summed E-state index contributed by atoms with van der Waals surface area (Å²) in [7, 11) is 0. The monoisotopic (exact) mass is 197 g/mol. The molecule has 2 N–H and O–H groups in total. The maximum absolute atomic E-state index is 12.5. The lowest BCUT2D eigenvalue weighted by atomic mass is 10.2. The first-order valence-corrected chi connectivity index (χ1v) is 4.80. The van der Waals surface area contributed by atoms with E-state index in [1.165, 1.54) is 12.1 Å². The number of halogens is 1. The molecular formula is C11H16FNO. The molecule has 0 heterocycles. The molecule has 3 heteroatoms. The van der Waals surface area contributed by atoms with Crippen molar-refractivity contribution in [3.63, 3.8) is 0 Å². The van der Waals surface area contributed by atoms with Gasteiger partial charge in [-0.05, 0) is 24.1 Å². The highest BCUT2D eigenvalue weighted by molar-refractivity contribution is 5.14. The average Bonchev–Trinajstić information content (AvgIpc) is 2.21. The molecule has 1 aromatic rings. The molecule has 0 amide bonds. The molecule has 1 rings (SSSR count). The van der Waals surface area contributed by atoms with Crippen LogP contribution in [-0.2, 0) is 11.3 Å². The summed E-state index contributed by atoms with van der Waals surface area (Å²) in [6.45, 7) is 3.06. The van der Waals surface area contributed by atoms with E-state index in [4.69, 9.17) is 10.5 Å². The van der Waals surface area contributed by atoms with Crippen molar-refractivity contribution in [3.05, 3.63) is 35.6 Å². The number of rotatable bonds is 5. The summed E-state index contributed by atoms with van der Waals surface area (Å²) in [5.41, 5.74) is 6.64. The van der Waals surface area contributed by atoms with Crippen LogP contribution >= 0.6 is 0 Å². The third-order valence-corrected chi connectivity index (χ3v) is 2.04. The van der Waals surface area contributed by atoms with Crippen LogP contribution in [0.1, 0.15) is 18.9 Å². The summed E-state index contributed by atoms with van der Waals surface area (Å²) in [6.07, 6.45) is 0.906. The van der Waals surface area contributed by atoms with Gasteiger partial charge >= 0.3 is 0 Å². The lowest BCUT2D eigenvalue weighted by molar-refractivity contribution is 0.107. The Balaban J connectivity index is 2.28. The Kier molecular flexibility index (Phi) is 4.56. The highest BCUT2D eigenvalue weighted by atomic mass is 19.1. The van der Waals surface area contributed by atoms with Gasteiger partial charge in [-0.15, -0.1) is 0 Å². The van der Waals surface area contributed by atoms with Gasteiger partial charge in [0.2, 0.25) is 0 Å². The molecule has 14 heavy (non-hydrogen) atoms. The van der Waals surface area contributed by atoms with E-state index in [0.717, 1.165) is 12.0 Å². The molecule has 0 spiro atoms. The van der Waals surface area contributed by atoms with Crippen molar-refractivity contribution in [2.75, 3.05) is 6.61 Å². The summed E-state index contributed by atoms with van der Waals surface area (Å²) >= 11 is 0. The second-order valence-corrected chi connectivity index (χ2v) is 3.31. The van der Waals surface area contributed by atoms with E-state index in [0.29, 0.717) is 13.2 Å². The fourth-order valence-electron chi connectivity index (χ4n) is 1.03. The van der Waals surface area contributed by atoms with Crippen LogP contribution < -0.4 is 5.73 Å². The second kappa shape index (κ2) is 5.73. The molecule has 1 atom stereocenters. The minimum absolute atomic E-state index is 0.0930. The van der Waals surface area contributed by atoms with Crippen LogP contribution in [0.2, 0.25) is 0 Å². The lowest BCUT2D eigenvalue weighted by Gasteiger charge is -2.09. The van der Waals surface area contributed by atoms with Gasteiger partial charge in [0.25, 0.3) is 0 Å². The maximum Gasteiger partial charge on any atom is 0.123 e. The molecule has 0 aliphatic carbocycles. The van der Waals surface area contributed by atoms with E-state index in [1.807, 2.05) is 6.92 Å². The van der Waals surface area contributed by atoms with Crippen LogP contribution in [0, 0.1) is 5.82 Å². The number of hydrogen-bond acceptors (Lipinski definition) is 2. The van der Waals surface area contributed by atoms with E-state index < -0.39 is 0 Å². The highest BCUT2D eigenvalue weighted by Crippen LogP contribution is 2.04. The van der Waals surface area contributed by atoms with Gasteiger partial charge in [0.15, 0.2) is 0 Å². The molecule has 0 unspecified atom stereocenters. The minimum Gasteiger partial charge on any atom is -0.375 e.